The van der Waals surface area contributed by atoms with Gasteiger partial charge < -0.3 is 14.9 Å². The molecule has 1 rings (SSSR count). The molecule has 4 heteroatoms. The van der Waals surface area contributed by atoms with Gasteiger partial charge in [-0.1, -0.05) is 75.3 Å². The van der Waals surface area contributed by atoms with Crippen molar-refractivity contribution in [2.75, 3.05) is 6.61 Å². The van der Waals surface area contributed by atoms with Gasteiger partial charge in [0.15, 0.2) is 0 Å². The van der Waals surface area contributed by atoms with E-state index >= 15 is 0 Å². The first-order chi connectivity index (χ1) is 14.2. The molecular formula is C25H38O4. The van der Waals surface area contributed by atoms with Crippen LogP contribution in [0.1, 0.15) is 83.1 Å². The van der Waals surface area contributed by atoms with E-state index in [0.717, 1.165) is 44.1 Å². The highest BCUT2D eigenvalue weighted by Crippen LogP contribution is 2.10. The zero-order valence-electron chi connectivity index (χ0n) is 17.9. The Labute approximate surface area is 176 Å². The third-order valence-electron chi connectivity index (χ3n) is 4.91. The summed E-state index contributed by atoms with van der Waals surface area (Å²) in [5, 5.41) is 19.5. The Bertz CT molecular complexity index is 588. The maximum atomic E-state index is 11.8. The number of carbonyl (C=O) groups is 1. The van der Waals surface area contributed by atoms with Crippen molar-refractivity contribution in [1.29, 1.82) is 0 Å². The standard InChI is InChI=1S/C25H38O4/c1-2-3-4-12-17-23(27)18-13-7-5-6-8-14-19-24(28)25(20-26)29-21-22-15-10-9-11-16-22/h9-11,15-16,24-26,28H,2-8,12-13,17-18,20-21H2,1H3/t24-,25-/m0/s1. The fraction of sp³-hybridized carbons (Fsp3) is 0.640. The Kier molecular flexibility index (Phi) is 15.1. The lowest BCUT2D eigenvalue weighted by atomic mass is 10.0. The average molecular weight is 403 g/mol. The number of aliphatic hydroxyl groups is 2. The number of hydrogen-bond acceptors (Lipinski definition) is 4. The molecular weight excluding hydrogens is 364 g/mol. The van der Waals surface area contributed by atoms with E-state index in [2.05, 4.69) is 18.8 Å². The summed E-state index contributed by atoms with van der Waals surface area (Å²) in [6.45, 7) is 2.25. The first kappa shape index (κ1) is 25.4. The van der Waals surface area contributed by atoms with Gasteiger partial charge in [0.1, 0.15) is 18.0 Å². The van der Waals surface area contributed by atoms with Crippen molar-refractivity contribution in [3.05, 3.63) is 35.9 Å². The number of hydrogen-bond donors (Lipinski definition) is 2. The summed E-state index contributed by atoms with van der Waals surface area (Å²) < 4.78 is 5.58. The van der Waals surface area contributed by atoms with Gasteiger partial charge in [-0.05, 0) is 24.8 Å². The summed E-state index contributed by atoms with van der Waals surface area (Å²) >= 11 is 0. The SMILES string of the molecule is CCCCCCC(=O)CCCCCCC#C[C@H](O)[C@H](CO)OCc1ccccc1. The predicted octanol–water partition coefficient (Wildman–Crippen LogP) is 4.81. The maximum absolute atomic E-state index is 11.8. The fourth-order valence-corrected chi connectivity index (χ4v) is 3.05. The van der Waals surface area contributed by atoms with Crippen LogP contribution in [0.15, 0.2) is 30.3 Å². The second-order valence-electron chi connectivity index (χ2n) is 7.55. The third kappa shape index (κ3) is 13.2. The molecule has 29 heavy (non-hydrogen) atoms. The van der Waals surface area contributed by atoms with Crippen LogP contribution in [-0.2, 0) is 16.1 Å². The molecule has 1 aromatic rings. The van der Waals surface area contributed by atoms with Crippen molar-refractivity contribution in [1.82, 2.24) is 0 Å². The summed E-state index contributed by atoms with van der Waals surface area (Å²) in [5.74, 6) is 6.16. The van der Waals surface area contributed by atoms with E-state index < -0.39 is 12.2 Å². The number of unbranched alkanes of at least 4 members (excludes halogenated alkanes) is 7. The van der Waals surface area contributed by atoms with Crippen LogP contribution in [0.3, 0.4) is 0 Å². The molecule has 0 spiro atoms. The fourth-order valence-electron chi connectivity index (χ4n) is 3.05. The molecule has 0 aliphatic rings. The summed E-state index contributed by atoms with van der Waals surface area (Å²) in [6.07, 6.45) is 9.09. The van der Waals surface area contributed by atoms with Crippen LogP contribution in [-0.4, -0.2) is 34.8 Å². The summed E-state index contributed by atoms with van der Waals surface area (Å²) in [7, 11) is 0. The van der Waals surface area contributed by atoms with Crippen LogP contribution in [0, 0.1) is 11.8 Å². The molecule has 0 aromatic heterocycles. The highest BCUT2D eigenvalue weighted by molar-refractivity contribution is 5.78. The van der Waals surface area contributed by atoms with Crippen molar-refractivity contribution >= 4 is 5.78 Å². The van der Waals surface area contributed by atoms with E-state index in [1.165, 1.54) is 19.3 Å². The minimum Gasteiger partial charge on any atom is -0.394 e. The first-order valence-electron chi connectivity index (χ1n) is 11.1. The molecule has 0 saturated carbocycles. The predicted molar refractivity (Wildman–Crippen MR) is 117 cm³/mol. The highest BCUT2D eigenvalue weighted by Gasteiger charge is 2.16. The number of ketones is 1. The summed E-state index contributed by atoms with van der Waals surface area (Å²) in [5.41, 5.74) is 0.991. The zero-order valence-corrected chi connectivity index (χ0v) is 17.9. The Morgan fingerprint density at radius 2 is 1.66 bits per heavy atom. The number of carbonyl (C=O) groups excluding carboxylic acids is 1. The molecule has 0 aliphatic carbocycles. The second-order valence-corrected chi connectivity index (χ2v) is 7.55. The van der Waals surface area contributed by atoms with E-state index in [9.17, 15) is 15.0 Å². The van der Waals surface area contributed by atoms with Gasteiger partial charge in [-0.25, -0.2) is 0 Å². The van der Waals surface area contributed by atoms with E-state index in [0.29, 0.717) is 25.2 Å². The normalized spacial score (nSPS) is 12.8. The Hall–Kier alpha value is -1.67. The molecule has 162 valence electrons. The van der Waals surface area contributed by atoms with Crippen molar-refractivity contribution < 1.29 is 19.7 Å². The van der Waals surface area contributed by atoms with Gasteiger partial charge in [0.05, 0.1) is 13.2 Å². The van der Waals surface area contributed by atoms with E-state index in [1.807, 2.05) is 30.3 Å². The van der Waals surface area contributed by atoms with Crippen molar-refractivity contribution in [2.45, 2.75) is 96.4 Å². The molecule has 0 amide bonds. The Morgan fingerprint density at radius 3 is 2.31 bits per heavy atom. The van der Waals surface area contributed by atoms with Crippen molar-refractivity contribution in [3.63, 3.8) is 0 Å². The van der Waals surface area contributed by atoms with E-state index in [4.69, 9.17) is 4.74 Å². The van der Waals surface area contributed by atoms with Crippen molar-refractivity contribution in [2.24, 2.45) is 0 Å². The van der Waals surface area contributed by atoms with Crippen LogP contribution in [0.2, 0.25) is 0 Å². The molecule has 2 atom stereocenters. The van der Waals surface area contributed by atoms with Gasteiger partial charge in [-0.3, -0.25) is 4.79 Å². The average Bonchev–Trinajstić information content (AvgIpc) is 2.74. The highest BCUT2D eigenvalue weighted by atomic mass is 16.5. The molecule has 0 radical (unpaired) electrons. The zero-order chi connectivity index (χ0) is 21.2. The quantitative estimate of drug-likeness (QED) is 0.308. The van der Waals surface area contributed by atoms with Crippen LogP contribution in [0.5, 0.6) is 0 Å². The Morgan fingerprint density at radius 1 is 1.00 bits per heavy atom. The molecule has 4 nitrogen and oxygen atoms in total. The van der Waals surface area contributed by atoms with E-state index in [-0.39, 0.29) is 6.61 Å². The summed E-state index contributed by atoms with van der Waals surface area (Å²) in [6, 6.07) is 9.65. The maximum Gasteiger partial charge on any atom is 0.143 e. The number of rotatable bonds is 16. The topological polar surface area (TPSA) is 66.8 Å². The summed E-state index contributed by atoms with van der Waals surface area (Å²) in [4.78, 5) is 11.8. The number of benzene rings is 1. The molecule has 2 N–H and O–H groups in total. The monoisotopic (exact) mass is 402 g/mol. The molecule has 0 unspecified atom stereocenters. The smallest absolute Gasteiger partial charge is 0.143 e. The molecule has 0 aliphatic heterocycles. The van der Waals surface area contributed by atoms with Crippen LogP contribution < -0.4 is 0 Å². The Balaban J connectivity index is 2.09. The molecule has 0 bridgehead atoms. The third-order valence-corrected chi connectivity index (χ3v) is 4.91. The lowest BCUT2D eigenvalue weighted by molar-refractivity contribution is -0.119. The van der Waals surface area contributed by atoms with Gasteiger partial charge in [0, 0.05) is 19.3 Å². The minimum absolute atomic E-state index is 0.269. The molecule has 1 aromatic carbocycles. The van der Waals surface area contributed by atoms with Gasteiger partial charge in [-0.2, -0.15) is 0 Å². The number of ether oxygens (including phenoxy) is 1. The lowest BCUT2D eigenvalue weighted by Crippen LogP contribution is -2.31. The van der Waals surface area contributed by atoms with Gasteiger partial charge >= 0.3 is 0 Å². The van der Waals surface area contributed by atoms with Gasteiger partial charge in [0.25, 0.3) is 0 Å². The van der Waals surface area contributed by atoms with E-state index in [1.54, 1.807) is 0 Å². The van der Waals surface area contributed by atoms with Gasteiger partial charge in [0.2, 0.25) is 0 Å². The molecule has 0 saturated heterocycles. The van der Waals surface area contributed by atoms with Crippen LogP contribution in [0.4, 0.5) is 0 Å². The molecule has 0 fully saturated rings. The van der Waals surface area contributed by atoms with Gasteiger partial charge in [-0.15, -0.1) is 5.92 Å². The van der Waals surface area contributed by atoms with Crippen molar-refractivity contribution in [3.8, 4) is 11.8 Å². The first-order valence-corrected chi connectivity index (χ1v) is 11.1. The minimum atomic E-state index is -0.992. The number of aliphatic hydroxyl groups excluding tert-OH is 2. The number of Topliss-reactive ketones (excluding diaryl/α,β-unsaturated/α-hetero) is 1. The lowest BCUT2D eigenvalue weighted by Gasteiger charge is -2.17. The largest absolute Gasteiger partial charge is 0.394 e. The van der Waals surface area contributed by atoms with Crippen LogP contribution in [0.25, 0.3) is 0 Å². The second kappa shape index (κ2) is 17.2. The van der Waals surface area contributed by atoms with Crippen LogP contribution >= 0.6 is 0 Å². The molecule has 0 heterocycles.